The second kappa shape index (κ2) is 6.85. The van der Waals surface area contributed by atoms with E-state index in [2.05, 4.69) is 5.32 Å². The number of benzene rings is 2. The molecule has 3 N–H and O–H groups in total. The lowest BCUT2D eigenvalue weighted by Gasteiger charge is -2.10. The molecule has 110 valence electrons. The fourth-order valence-electron chi connectivity index (χ4n) is 2.04. The topological polar surface area (TPSA) is 64.3 Å². The van der Waals surface area contributed by atoms with Crippen LogP contribution >= 0.6 is 0 Å². The number of nitrogens with one attached hydrogen (secondary N) is 1. The van der Waals surface area contributed by atoms with E-state index in [-0.39, 0.29) is 18.1 Å². The molecule has 2 aromatic carbocycles. The van der Waals surface area contributed by atoms with Crippen LogP contribution in [0.2, 0.25) is 0 Å². The van der Waals surface area contributed by atoms with E-state index in [1.165, 1.54) is 25.3 Å². The van der Waals surface area contributed by atoms with E-state index in [0.29, 0.717) is 12.2 Å². The number of hydrogen-bond donors (Lipinski definition) is 2. The minimum atomic E-state index is -0.469. The Morgan fingerprint density at radius 1 is 1.24 bits per heavy atom. The predicted octanol–water partition coefficient (Wildman–Crippen LogP) is 2.47. The van der Waals surface area contributed by atoms with Crippen molar-refractivity contribution in [3.8, 4) is 5.75 Å². The minimum Gasteiger partial charge on any atom is -0.494 e. The standard InChI is InChI=1S/C16H17FN2O2/c1-21-15-9-13(6-7-14(15)17)19-16(20)8-11-4-2-3-5-12(11)10-18/h2-7,9H,8,10,18H2,1H3,(H,19,20). The Hall–Kier alpha value is -2.40. The molecule has 0 aliphatic heterocycles. The van der Waals surface area contributed by atoms with E-state index in [1.807, 2.05) is 24.3 Å². The maximum absolute atomic E-state index is 13.3. The Balaban J connectivity index is 2.08. The predicted molar refractivity (Wildman–Crippen MR) is 79.6 cm³/mol. The fraction of sp³-hybridized carbons (Fsp3) is 0.188. The first-order valence-electron chi connectivity index (χ1n) is 6.54. The first-order valence-corrected chi connectivity index (χ1v) is 6.54. The van der Waals surface area contributed by atoms with Gasteiger partial charge < -0.3 is 15.8 Å². The molecule has 0 aromatic heterocycles. The molecule has 0 heterocycles. The van der Waals surface area contributed by atoms with Gasteiger partial charge in [0, 0.05) is 18.3 Å². The van der Waals surface area contributed by atoms with Gasteiger partial charge in [-0.15, -0.1) is 0 Å². The summed E-state index contributed by atoms with van der Waals surface area (Å²) in [7, 11) is 1.38. The molecule has 0 saturated heterocycles. The van der Waals surface area contributed by atoms with Crippen molar-refractivity contribution in [2.24, 2.45) is 5.73 Å². The molecule has 2 rings (SSSR count). The lowest BCUT2D eigenvalue weighted by atomic mass is 10.0. The van der Waals surface area contributed by atoms with Crippen molar-refractivity contribution >= 4 is 11.6 Å². The number of rotatable bonds is 5. The minimum absolute atomic E-state index is 0.0927. The normalized spacial score (nSPS) is 10.2. The van der Waals surface area contributed by atoms with Crippen molar-refractivity contribution in [1.29, 1.82) is 0 Å². The summed E-state index contributed by atoms with van der Waals surface area (Å²) >= 11 is 0. The summed E-state index contributed by atoms with van der Waals surface area (Å²) in [6, 6.07) is 11.7. The van der Waals surface area contributed by atoms with Crippen molar-refractivity contribution in [3.05, 3.63) is 59.4 Å². The molecule has 0 aliphatic carbocycles. The van der Waals surface area contributed by atoms with Gasteiger partial charge in [0.2, 0.25) is 5.91 Å². The van der Waals surface area contributed by atoms with Gasteiger partial charge in [-0.2, -0.15) is 0 Å². The smallest absolute Gasteiger partial charge is 0.228 e. The number of anilines is 1. The molecule has 0 unspecified atom stereocenters. The van der Waals surface area contributed by atoms with E-state index >= 15 is 0 Å². The highest BCUT2D eigenvalue weighted by molar-refractivity contribution is 5.92. The second-order valence-electron chi connectivity index (χ2n) is 4.55. The maximum atomic E-state index is 13.3. The van der Waals surface area contributed by atoms with Crippen molar-refractivity contribution < 1.29 is 13.9 Å². The molecule has 0 aliphatic rings. The third-order valence-corrected chi connectivity index (χ3v) is 3.12. The number of methoxy groups -OCH3 is 1. The average molecular weight is 288 g/mol. The van der Waals surface area contributed by atoms with Gasteiger partial charge in [-0.05, 0) is 23.3 Å². The number of amides is 1. The highest BCUT2D eigenvalue weighted by Gasteiger charge is 2.09. The molecule has 0 saturated carbocycles. The second-order valence-corrected chi connectivity index (χ2v) is 4.55. The Bertz CT molecular complexity index is 644. The molecule has 0 fully saturated rings. The zero-order valence-corrected chi connectivity index (χ0v) is 11.7. The van der Waals surface area contributed by atoms with Crippen LogP contribution < -0.4 is 15.8 Å². The Morgan fingerprint density at radius 2 is 1.95 bits per heavy atom. The van der Waals surface area contributed by atoms with Crippen LogP contribution in [-0.2, 0) is 17.8 Å². The van der Waals surface area contributed by atoms with Gasteiger partial charge in [-0.1, -0.05) is 24.3 Å². The number of ether oxygens (including phenoxy) is 1. The van der Waals surface area contributed by atoms with Crippen molar-refractivity contribution in [2.75, 3.05) is 12.4 Å². The zero-order valence-electron chi connectivity index (χ0n) is 11.7. The Kier molecular flexibility index (Phi) is 4.90. The molecular weight excluding hydrogens is 271 g/mol. The van der Waals surface area contributed by atoms with Crippen LogP contribution in [0.1, 0.15) is 11.1 Å². The first-order chi connectivity index (χ1) is 10.1. The highest BCUT2D eigenvalue weighted by atomic mass is 19.1. The Morgan fingerprint density at radius 3 is 2.62 bits per heavy atom. The number of hydrogen-bond acceptors (Lipinski definition) is 3. The van der Waals surface area contributed by atoms with E-state index < -0.39 is 5.82 Å². The molecule has 0 spiro atoms. The largest absolute Gasteiger partial charge is 0.494 e. The lowest BCUT2D eigenvalue weighted by molar-refractivity contribution is -0.115. The van der Waals surface area contributed by atoms with Crippen molar-refractivity contribution in [2.45, 2.75) is 13.0 Å². The molecule has 0 radical (unpaired) electrons. The SMILES string of the molecule is COc1cc(NC(=O)Cc2ccccc2CN)ccc1F. The van der Waals surface area contributed by atoms with Crippen LogP contribution in [-0.4, -0.2) is 13.0 Å². The lowest BCUT2D eigenvalue weighted by Crippen LogP contribution is -2.16. The summed E-state index contributed by atoms with van der Waals surface area (Å²) in [5.41, 5.74) is 7.95. The van der Waals surface area contributed by atoms with Crippen LogP contribution in [0.25, 0.3) is 0 Å². The monoisotopic (exact) mass is 288 g/mol. The Labute approximate surface area is 122 Å². The summed E-state index contributed by atoms with van der Waals surface area (Å²) in [4.78, 5) is 12.0. The van der Waals surface area contributed by atoms with Crippen LogP contribution in [0.5, 0.6) is 5.75 Å². The summed E-state index contributed by atoms with van der Waals surface area (Å²) in [6.45, 7) is 0.383. The molecular formula is C16H17FN2O2. The van der Waals surface area contributed by atoms with Crippen LogP contribution in [0.4, 0.5) is 10.1 Å². The number of carbonyl (C=O) groups excluding carboxylic acids is 1. The third-order valence-electron chi connectivity index (χ3n) is 3.12. The van der Waals surface area contributed by atoms with Gasteiger partial charge in [0.1, 0.15) is 0 Å². The molecule has 0 bridgehead atoms. The average Bonchev–Trinajstić information content (AvgIpc) is 2.49. The van der Waals surface area contributed by atoms with Crippen molar-refractivity contribution in [1.82, 2.24) is 0 Å². The van der Waals surface area contributed by atoms with Gasteiger partial charge in [0.05, 0.1) is 13.5 Å². The van der Waals surface area contributed by atoms with Gasteiger partial charge in [0.25, 0.3) is 0 Å². The number of halogens is 1. The zero-order chi connectivity index (χ0) is 15.2. The van der Waals surface area contributed by atoms with Crippen LogP contribution in [0.3, 0.4) is 0 Å². The maximum Gasteiger partial charge on any atom is 0.228 e. The molecule has 4 nitrogen and oxygen atoms in total. The highest BCUT2D eigenvalue weighted by Crippen LogP contribution is 2.21. The molecule has 21 heavy (non-hydrogen) atoms. The number of nitrogens with two attached hydrogens (primary N) is 1. The summed E-state index contributed by atoms with van der Waals surface area (Å²) in [5, 5.41) is 2.72. The van der Waals surface area contributed by atoms with Gasteiger partial charge in [0.15, 0.2) is 11.6 Å². The molecule has 5 heteroatoms. The third kappa shape index (κ3) is 3.79. The van der Waals surface area contributed by atoms with Gasteiger partial charge in [-0.25, -0.2) is 4.39 Å². The summed E-state index contributed by atoms with van der Waals surface area (Å²) in [5.74, 6) is -0.566. The number of carbonyl (C=O) groups is 1. The summed E-state index contributed by atoms with van der Waals surface area (Å²) in [6.07, 6.45) is 0.215. The fourth-order valence-corrected chi connectivity index (χ4v) is 2.04. The first kappa shape index (κ1) is 15.0. The molecule has 2 aromatic rings. The molecule has 0 atom stereocenters. The van der Waals surface area contributed by atoms with Crippen LogP contribution in [0.15, 0.2) is 42.5 Å². The van der Waals surface area contributed by atoms with Crippen molar-refractivity contribution in [3.63, 3.8) is 0 Å². The molecule has 1 amide bonds. The van der Waals surface area contributed by atoms with Gasteiger partial charge >= 0.3 is 0 Å². The van der Waals surface area contributed by atoms with Gasteiger partial charge in [-0.3, -0.25) is 4.79 Å². The van der Waals surface area contributed by atoms with E-state index in [1.54, 1.807) is 0 Å². The summed E-state index contributed by atoms with van der Waals surface area (Å²) < 4.78 is 18.2. The van der Waals surface area contributed by atoms with E-state index in [0.717, 1.165) is 11.1 Å². The van der Waals surface area contributed by atoms with Crippen LogP contribution in [0, 0.1) is 5.82 Å². The van der Waals surface area contributed by atoms with E-state index in [9.17, 15) is 9.18 Å². The van der Waals surface area contributed by atoms with E-state index in [4.69, 9.17) is 10.5 Å². The quantitative estimate of drug-likeness (QED) is 0.888.